The summed E-state index contributed by atoms with van der Waals surface area (Å²) in [7, 11) is 1.30. The van der Waals surface area contributed by atoms with Crippen LogP contribution >= 0.6 is 0 Å². The fourth-order valence-electron chi connectivity index (χ4n) is 2.74. The molecule has 1 aromatic heterocycles. The summed E-state index contributed by atoms with van der Waals surface area (Å²) in [4.78, 5) is 27.4. The number of carbonyl (C=O) groups excluding carboxylic acids is 1. The van der Waals surface area contributed by atoms with E-state index in [4.69, 9.17) is 4.74 Å². The molecule has 0 atom stereocenters. The predicted octanol–water partition coefficient (Wildman–Crippen LogP) is 3.91. The first kappa shape index (κ1) is 15.6. The van der Waals surface area contributed by atoms with Crippen LogP contribution in [0.5, 0.6) is 0 Å². The molecule has 0 saturated carbocycles. The van der Waals surface area contributed by atoms with Crippen molar-refractivity contribution in [2.45, 2.75) is 6.92 Å². The van der Waals surface area contributed by atoms with Gasteiger partial charge in [0.25, 0.3) is 5.69 Å². The van der Waals surface area contributed by atoms with Crippen LogP contribution in [0.1, 0.15) is 16.1 Å². The highest BCUT2D eigenvalue weighted by Crippen LogP contribution is 2.35. The topological polar surface area (TPSA) is 82.3 Å². The number of fused-ring (bicyclic) bond motifs is 1. The van der Waals surface area contributed by atoms with Gasteiger partial charge < -0.3 is 4.74 Å². The second kappa shape index (κ2) is 6.08. The number of non-ortho nitro benzene ring substituents is 1. The maximum Gasteiger partial charge on any atom is 0.340 e. The summed E-state index contributed by atoms with van der Waals surface area (Å²) in [5.74, 6) is -0.521. The van der Waals surface area contributed by atoms with Gasteiger partial charge in [0.15, 0.2) is 0 Å². The molecule has 3 aromatic rings. The van der Waals surface area contributed by atoms with Gasteiger partial charge in [0.05, 0.1) is 28.8 Å². The first-order valence-corrected chi connectivity index (χ1v) is 7.25. The lowest BCUT2D eigenvalue weighted by atomic mass is 9.94. The van der Waals surface area contributed by atoms with Crippen LogP contribution in [0.4, 0.5) is 5.69 Å². The quantitative estimate of drug-likeness (QED) is 0.415. The molecule has 0 fully saturated rings. The molecule has 6 heteroatoms. The summed E-state index contributed by atoms with van der Waals surface area (Å²) >= 11 is 0. The lowest BCUT2D eigenvalue weighted by Crippen LogP contribution is -2.09. The fraction of sp³-hybridized carbons (Fsp3) is 0.111. The summed E-state index contributed by atoms with van der Waals surface area (Å²) < 4.78 is 4.89. The average Bonchev–Trinajstić information content (AvgIpc) is 2.60. The molecule has 24 heavy (non-hydrogen) atoms. The monoisotopic (exact) mass is 322 g/mol. The third-order valence-corrected chi connectivity index (χ3v) is 3.81. The SMILES string of the molecule is COC(=O)c1c(C)nc2ccc([N+](=O)[O-])cc2c1-c1ccccc1. The Hall–Kier alpha value is -3.28. The van der Waals surface area contributed by atoms with Gasteiger partial charge in [-0.05, 0) is 18.6 Å². The lowest BCUT2D eigenvalue weighted by Gasteiger charge is -2.14. The number of aryl methyl sites for hydroxylation is 1. The molecule has 0 saturated heterocycles. The van der Waals surface area contributed by atoms with Gasteiger partial charge in [-0.15, -0.1) is 0 Å². The van der Waals surface area contributed by atoms with Gasteiger partial charge in [0.1, 0.15) is 0 Å². The Kier molecular flexibility index (Phi) is 3.95. The molecule has 6 nitrogen and oxygen atoms in total. The lowest BCUT2D eigenvalue weighted by molar-refractivity contribution is -0.384. The van der Waals surface area contributed by atoms with Gasteiger partial charge in [0.2, 0.25) is 0 Å². The molecule has 2 aromatic carbocycles. The van der Waals surface area contributed by atoms with Crippen LogP contribution in [0, 0.1) is 17.0 Å². The standard InChI is InChI=1S/C18H14N2O4/c1-11-16(18(21)24-2)17(12-6-4-3-5-7-12)14-10-13(20(22)23)8-9-15(14)19-11/h3-10H,1-2H3. The molecule has 1 heterocycles. The van der Waals surface area contributed by atoms with E-state index in [-0.39, 0.29) is 5.69 Å². The van der Waals surface area contributed by atoms with Crippen molar-refractivity contribution in [3.63, 3.8) is 0 Å². The van der Waals surface area contributed by atoms with Crippen LogP contribution in [0.3, 0.4) is 0 Å². The van der Waals surface area contributed by atoms with Crippen LogP contribution in [0.15, 0.2) is 48.5 Å². The normalized spacial score (nSPS) is 10.6. The van der Waals surface area contributed by atoms with Crippen molar-refractivity contribution in [3.8, 4) is 11.1 Å². The molecule has 0 bridgehead atoms. The molecule has 3 rings (SSSR count). The Balaban J connectivity index is 2.47. The highest BCUT2D eigenvalue weighted by molar-refractivity contribution is 6.08. The zero-order valence-electron chi connectivity index (χ0n) is 13.1. The number of rotatable bonds is 3. The molecule has 0 aliphatic carbocycles. The van der Waals surface area contributed by atoms with Crippen molar-refractivity contribution in [2.24, 2.45) is 0 Å². The third-order valence-electron chi connectivity index (χ3n) is 3.81. The highest BCUT2D eigenvalue weighted by Gasteiger charge is 2.22. The number of nitrogens with zero attached hydrogens (tertiary/aromatic N) is 2. The average molecular weight is 322 g/mol. The van der Waals surface area contributed by atoms with E-state index in [1.807, 2.05) is 30.3 Å². The highest BCUT2D eigenvalue weighted by atomic mass is 16.6. The Morgan fingerprint density at radius 2 is 1.88 bits per heavy atom. The number of benzene rings is 2. The molecule has 120 valence electrons. The Bertz CT molecular complexity index is 952. The first-order valence-electron chi connectivity index (χ1n) is 7.25. The summed E-state index contributed by atoms with van der Waals surface area (Å²) in [5, 5.41) is 11.7. The van der Waals surface area contributed by atoms with Crippen LogP contribution in [0.2, 0.25) is 0 Å². The van der Waals surface area contributed by atoms with E-state index in [0.717, 1.165) is 5.56 Å². The van der Waals surface area contributed by atoms with Crippen LogP contribution in [-0.2, 0) is 4.74 Å². The van der Waals surface area contributed by atoms with E-state index in [0.29, 0.717) is 27.7 Å². The smallest absolute Gasteiger partial charge is 0.340 e. The number of pyridine rings is 1. The molecule has 0 aliphatic rings. The van der Waals surface area contributed by atoms with E-state index >= 15 is 0 Å². The van der Waals surface area contributed by atoms with Crippen molar-refractivity contribution in [3.05, 3.63) is 69.9 Å². The zero-order valence-corrected chi connectivity index (χ0v) is 13.1. The largest absolute Gasteiger partial charge is 0.465 e. The van der Waals surface area contributed by atoms with Crippen LogP contribution in [-0.4, -0.2) is 23.0 Å². The van der Waals surface area contributed by atoms with Crippen molar-refractivity contribution in [1.29, 1.82) is 0 Å². The van der Waals surface area contributed by atoms with E-state index in [9.17, 15) is 14.9 Å². The van der Waals surface area contributed by atoms with Crippen molar-refractivity contribution < 1.29 is 14.5 Å². The van der Waals surface area contributed by atoms with Crippen molar-refractivity contribution in [1.82, 2.24) is 4.98 Å². The number of ether oxygens (including phenoxy) is 1. The second-order valence-electron chi connectivity index (χ2n) is 5.26. The van der Waals surface area contributed by atoms with Gasteiger partial charge >= 0.3 is 5.97 Å². The molecule has 0 spiro atoms. The number of hydrogen-bond donors (Lipinski definition) is 0. The van der Waals surface area contributed by atoms with Crippen LogP contribution in [0.25, 0.3) is 22.0 Å². The zero-order chi connectivity index (χ0) is 17.3. The Morgan fingerprint density at radius 3 is 2.50 bits per heavy atom. The Morgan fingerprint density at radius 1 is 1.17 bits per heavy atom. The van der Waals surface area contributed by atoms with E-state index < -0.39 is 10.9 Å². The molecule has 0 unspecified atom stereocenters. The number of methoxy groups -OCH3 is 1. The van der Waals surface area contributed by atoms with E-state index in [1.54, 1.807) is 13.0 Å². The third kappa shape index (κ3) is 2.58. The van der Waals surface area contributed by atoms with Gasteiger partial charge in [0, 0.05) is 23.1 Å². The summed E-state index contributed by atoms with van der Waals surface area (Å²) in [6.45, 7) is 1.72. The molecular formula is C18H14N2O4. The minimum absolute atomic E-state index is 0.0545. The first-order chi connectivity index (χ1) is 11.5. The molecule has 0 aliphatic heterocycles. The van der Waals surface area contributed by atoms with E-state index in [1.165, 1.54) is 19.2 Å². The number of aromatic nitrogens is 1. The van der Waals surface area contributed by atoms with Gasteiger partial charge in [-0.2, -0.15) is 0 Å². The van der Waals surface area contributed by atoms with Crippen molar-refractivity contribution >= 4 is 22.6 Å². The van der Waals surface area contributed by atoms with Crippen molar-refractivity contribution in [2.75, 3.05) is 7.11 Å². The van der Waals surface area contributed by atoms with Gasteiger partial charge in [-0.3, -0.25) is 15.1 Å². The number of nitro groups is 1. The number of carbonyl (C=O) groups is 1. The Labute approximate surface area is 137 Å². The summed E-state index contributed by atoms with van der Waals surface area (Å²) in [5.41, 5.74) is 2.73. The number of nitro benzene ring substituents is 1. The van der Waals surface area contributed by atoms with Gasteiger partial charge in [-0.25, -0.2) is 4.79 Å². The molecule has 0 amide bonds. The van der Waals surface area contributed by atoms with Gasteiger partial charge in [-0.1, -0.05) is 30.3 Å². The summed E-state index contributed by atoms with van der Waals surface area (Å²) in [6, 6.07) is 13.7. The molecule has 0 N–H and O–H groups in total. The fourth-order valence-corrected chi connectivity index (χ4v) is 2.74. The predicted molar refractivity (Wildman–Crippen MR) is 89.9 cm³/mol. The summed E-state index contributed by atoms with van der Waals surface area (Å²) in [6.07, 6.45) is 0. The molecular weight excluding hydrogens is 308 g/mol. The number of esters is 1. The second-order valence-corrected chi connectivity index (χ2v) is 5.26. The van der Waals surface area contributed by atoms with Crippen LogP contribution < -0.4 is 0 Å². The number of hydrogen-bond acceptors (Lipinski definition) is 5. The molecule has 0 radical (unpaired) electrons. The minimum atomic E-state index is -0.521. The van der Waals surface area contributed by atoms with E-state index in [2.05, 4.69) is 4.98 Å². The maximum atomic E-state index is 12.3. The maximum absolute atomic E-state index is 12.3. The minimum Gasteiger partial charge on any atom is -0.465 e.